The van der Waals surface area contributed by atoms with E-state index in [0.29, 0.717) is 22.0 Å². The van der Waals surface area contributed by atoms with E-state index in [1.807, 2.05) is 0 Å². The van der Waals surface area contributed by atoms with Crippen LogP contribution in [0.3, 0.4) is 0 Å². The molecule has 0 fully saturated rings. The second kappa shape index (κ2) is 4.82. The molecule has 0 saturated heterocycles. The average molecular weight is 269 g/mol. The average Bonchev–Trinajstić information content (AvgIpc) is 2.32. The number of rotatable bonds is 2. The van der Waals surface area contributed by atoms with Gasteiger partial charge >= 0.3 is 0 Å². The van der Waals surface area contributed by atoms with Crippen molar-refractivity contribution < 1.29 is 8.78 Å². The van der Waals surface area contributed by atoms with Gasteiger partial charge in [-0.25, -0.2) is 8.78 Å². The highest BCUT2D eigenvalue weighted by Crippen LogP contribution is 2.31. The van der Waals surface area contributed by atoms with Gasteiger partial charge in [0.25, 0.3) is 0 Å². The molecule has 0 aliphatic carbocycles. The quantitative estimate of drug-likeness (QED) is 0.799. The third kappa shape index (κ3) is 2.38. The Morgan fingerprint density at radius 2 is 1.83 bits per heavy atom. The Balaban J connectivity index is 2.40. The van der Waals surface area contributed by atoms with Crippen molar-refractivity contribution in [2.75, 3.05) is 11.1 Å². The lowest BCUT2D eigenvalue weighted by molar-refractivity contribution is 0.619. The summed E-state index contributed by atoms with van der Waals surface area (Å²) in [4.78, 5) is 0. The van der Waals surface area contributed by atoms with Crippen molar-refractivity contribution in [1.29, 1.82) is 0 Å². The zero-order valence-electron chi connectivity index (χ0n) is 9.60. The molecule has 0 saturated carbocycles. The minimum Gasteiger partial charge on any atom is -0.395 e. The van der Waals surface area contributed by atoms with Crippen LogP contribution < -0.4 is 11.1 Å². The Morgan fingerprint density at radius 3 is 2.56 bits per heavy atom. The molecular formula is C13H11ClF2N2. The van der Waals surface area contributed by atoms with Crippen LogP contribution in [0.15, 0.2) is 30.3 Å². The van der Waals surface area contributed by atoms with Crippen LogP contribution in [0.2, 0.25) is 5.02 Å². The van der Waals surface area contributed by atoms with E-state index in [4.69, 9.17) is 17.3 Å². The van der Waals surface area contributed by atoms with Crippen molar-refractivity contribution in [2.45, 2.75) is 6.92 Å². The fraction of sp³-hybridized carbons (Fsp3) is 0.0769. The fourth-order valence-corrected chi connectivity index (χ4v) is 1.80. The molecule has 0 aliphatic heterocycles. The van der Waals surface area contributed by atoms with E-state index >= 15 is 0 Å². The molecule has 94 valence electrons. The minimum absolute atomic E-state index is 0.0328. The zero-order valence-corrected chi connectivity index (χ0v) is 10.4. The minimum atomic E-state index is -0.538. The predicted octanol–water partition coefficient (Wildman–Crippen LogP) is 4.25. The topological polar surface area (TPSA) is 38.0 Å². The van der Waals surface area contributed by atoms with Crippen molar-refractivity contribution in [2.24, 2.45) is 0 Å². The molecule has 2 nitrogen and oxygen atoms in total. The first-order valence-electron chi connectivity index (χ1n) is 5.25. The van der Waals surface area contributed by atoms with E-state index in [2.05, 4.69) is 5.32 Å². The van der Waals surface area contributed by atoms with Crippen LogP contribution in [0.5, 0.6) is 0 Å². The van der Waals surface area contributed by atoms with Gasteiger partial charge in [0.15, 0.2) is 0 Å². The monoisotopic (exact) mass is 268 g/mol. The van der Waals surface area contributed by atoms with Crippen molar-refractivity contribution in [3.63, 3.8) is 0 Å². The van der Waals surface area contributed by atoms with Gasteiger partial charge in [-0.2, -0.15) is 0 Å². The summed E-state index contributed by atoms with van der Waals surface area (Å²) in [5.74, 6) is -0.930. The molecule has 0 atom stereocenters. The number of hydrogen-bond acceptors (Lipinski definition) is 2. The summed E-state index contributed by atoms with van der Waals surface area (Å²) in [6.07, 6.45) is 0. The third-order valence-corrected chi connectivity index (χ3v) is 2.88. The number of halogens is 3. The van der Waals surface area contributed by atoms with Crippen molar-refractivity contribution in [3.05, 3.63) is 52.6 Å². The van der Waals surface area contributed by atoms with Crippen LogP contribution in [0, 0.1) is 18.6 Å². The van der Waals surface area contributed by atoms with Gasteiger partial charge in [-0.05, 0) is 36.8 Å². The molecule has 2 aromatic carbocycles. The molecule has 0 bridgehead atoms. The summed E-state index contributed by atoms with van der Waals surface area (Å²) in [6.45, 7) is 1.61. The molecule has 3 N–H and O–H groups in total. The Morgan fingerprint density at radius 1 is 1.11 bits per heavy atom. The molecular weight excluding hydrogens is 258 g/mol. The lowest BCUT2D eigenvalue weighted by Gasteiger charge is -2.12. The molecule has 18 heavy (non-hydrogen) atoms. The number of benzene rings is 2. The second-order valence-corrected chi connectivity index (χ2v) is 4.31. The van der Waals surface area contributed by atoms with Gasteiger partial charge in [-0.1, -0.05) is 17.7 Å². The summed E-state index contributed by atoms with van der Waals surface area (Å²) in [5.41, 5.74) is 6.68. The van der Waals surface area contributed by atoms with Crippen molar-refractivity contribution >= 4 is 28.7 Å². The van der Waals surface area contributed by atoms with Gasteiger partial charge in [0, 0.05) is 0 Å². The van der Waals surface area contributed by atoms with Gasteiger partial charge in [0.2, 0.25) is 0 Å². The van der Waals surface area contributed by atoms with Crippen LogP contribution in [-0.2, 0) is 0 Å². The van der Waals surface area contributed by atoms with E-state index in [1.165, 1.54) is 24.3 Å². The smallest absolute Gasteiger partial charge is 0.148 e. The second-order valence-electron chi connectivity index (χ2n) is 3.91. The Bertz CT molecular complexity index is 600. The van der Waals surface area contributed by atoms with Gasteiger partial charge in [-0.15, -0.1) is 0 Å². The lowest BCUT2D eigenvalue weighted by Crippen LogP contribution is -2.00. The van der Waals surface area contributed by atoms with Gasteiger partial charge in [-0.3, -0.25) is 0 Å². The molecule has 2 rings (SSSR count). The van der Waals surface area contributed by atoms with Crippen LogP contribution in [0.4, 0.5) is 25.8 Å². The number of nitrogen functional groups attached to an aromatic ring is 1. The first kappa shape index (κ1) is 12.6. The molecule has 0 heterocycles. The molecule has 0 aliphatic rings. The number of anilines is 3. The Labute approximate surface area is 108 Å². The predicted molar refractivity (Wildman–Crippen MR) is 70.2 cm³/mol. The van der Waals surface area contributed by atoms with Gasteiger partial charge in [0.05, 0.1) is 22.1 Å². The van der Waals surface area contributed by atoms with Gasteiger partial charge in [0.1, 0.15) is 11.6 Å². The lowest BCUT2D eigenvalue weighted by atomic mass is 10.2. The third-order valence-electron chi connectivity index (χ3n) is 2.57. The number of para-hydroxylation sites is 1. The van der Waals surface area contributed by atoms with E-state index in [9.17, 15) is 8.78 Å². The molecule has 0 aromatic heterocycles. The largest absolute Gasteiger partial charge is 0.395 e. The van der Waals surface area contributed by atoms with E-state index in [0.717, 1.165) is 0 Å². The summed E-state index contributed by atoms with van der Waals surface area (Å²) in [6, 6.07) is 7.09. The summed E-state index contributed by atoms with van der Waals surface area (Å²) < 4.78 is 26.7. The van der Waals surface area contributed by atoms with E-state index in [-0.39, 0.29) is 5.69 Å². The number of hydrogen-bond donors (Lipinski definition) is 2. The first-order valence-corrected chi connectivity index (χ1v) is 5.63. The van der Waals surface area contributed by atoms with E-state index in [1.54, 1.807) is 13.0 Å². The first-order chi connectivity index (χ1) is 8.49. The normalized spacial score (nSPS) is 10.4. The SMILES string of the molecule is Cc1cc(Cl)c(Nc2cccc(F)c2N)cc1F. The zero-order chi connectivity index (χ0) is 13.3. The highest BCUT2D eigenvalue weighted by atomic mass is 35.5. The number of nitrogens with one attached hydrogen (secondary N) is 1. The van der Waals surface area contributed by atoms with Crippen LogP contribution in [0.1, 0.15) is 5.56 Å². The van der Waals surface area contributed by atoms with Crippen molar-refractivity contribution in [1.82, 2.24) is 0 Å². The summed E-state index contributed by atoms with van der Waals surface area (Å²) in [7, 11) is 0. The summed E-state index contributed by atoms with van der Waals surface area (Å²) in [5, 5.41) is 3.16. The highest BCUT2D eigenvalue weighted by molar-refractivity contribution is 6.33. The van der Waals surface area contributed by atoms with Crippen LogP contribution in [0.25, 0.3) is 0 Å². The molecule has 2 aromatic rings. The maximum Gasteiger partial charge on any atom is 0.148 e. The Kier molecular flexibility index (Phi) is 3.39. The molecule has 0 radical (unpaired) electrons. The maximum absolute atomic E-state index is 13.4. The number of aryl methyl sites for hydroxylation is 1. The standard InChI is InChI=1S/C13H11ClF2N2/c1-7-5-8(14)12(6-10(7)16)18-11-4-2-3-9(15)13(11)17/h2-6,18H,17H2,1H3. The molecule has 0 amide bonds. The van der Waals surface area contributed by atoms with Crippen LogP contribution >= 0.6 is 11.6 Å². The molecule has 0 spiro atoms. The molecule has 0 unspecified atom stereocenters. The Hall–Kier alpha value is -1.81. The van der Waals surface area contributed by atoms with Gasteiger partial charge < -0.3 is 11.1 Å². The van der Waals surface area contributed by atoms with E-state index < -0.39 is 11.6 Å². The van der Waals surface area contributed by atoms with Crippen molar-refractivity contribution in [3.8, 4) is 0 Å². The van der Waals surface area contributed by atoms with Crippen LogP contribution in [-0.4, -0.2) is 0 Å². The summed E-state index contributed by atoms with van der Waals surface area (Å²) >= 11 is 5.98. The number of nitrogens with two attached hydrogens (primary N) is 1. The fourth-order valence-electron chi connectivity index (χ4n) is 1.53. The highest BCUT2D eigenvalue weighted by Gasteiger charge is 2.09. The molecule has 5 heteroatoms. The maximum atomic E-state index is 13.4.